The van der Waals surface area contributed by atoms with Crippen molar-refractivity contribution in [1.82, 2.24) is 14.9 Å². The van der Waals surface area contributed by atoms with Gasteiger partial charge < -0.3 is 14.8 Å². The monoisotopic (exact) mass is 449 g/mol. The molecule has 0 bridgehead atoms. The average Bonchev–Trinajstić information content (AvgIpc) is 3.04. The molecule has 1 aromatic heterocycles. The summed E-state index contributed by atoms with van der Waals surface area (Å²) < 4.78 is 43.8. The molecular formula is C19H23ClF3N3O4. The van der Waals surface area contributed by atoms with Crippen LogP contribution in [0.2, 0.25) is 0 Å². The normalized spacial score (nSPS) is 16.7. The summed E-state index contributed by atoms with van der Waals surface area (Å²) in [5, 5.41) is 10.9. The molecule has 2 heterocycles. The second-order valence-corrected chi connectivity index (χ2v) is 7.04. The van der Waals surface area contributed by atoms with Gasteiger partial charge in [0.15, 0.2) is 0 Å². The second kappa shape index (κ2) is 9.23. The van der Waals surface area contributed by atoms with Crippen LogP contribution in [-0.4, -0.2) is 45.6 Å². The summed E-state index contributed by atoms with van der Waals surface area (Å²) in [6.45, 7) is 2.82. The summed E-state index contributed by atoms with van der Waals surface area (Å²) in [5.74, 6) is -0.640. The van der Waals surface area contributed by atoms with Crippen molar-refractivity contribution in [2.75, 3.05) is 19.7 Å². The number of carbonyl (C=O) groups is 1. The van der Waals surface area contributed by atoms with E-state index in [4.69, 9.17) is 4.74 Å². The van der Waals surface area contributed by atoms with E-state index in [9.17, 15) is 27.9 Å². The fraction of sp³-hybridized carbons (Fsp3) is 0.474. The standard InChI is InChI=1S/C19H22F3N3O4.ClH/c1-2-29-16(26)15-14(23-17(27)24-15)11-25-8-6-18(28,7-9-25)12-4-3-5-13(10-12)19(20,21)22;/h3-5,10,28H,2,6-9,11H2,1H3,(H2,23,24,27);1H. The maximum atomic E-state index is 13.0. The Hall–Kier alpha value is -2.30. The Bertz CT molecular complexity index is 934. The Balaban J connectivity index is 0.00000320. The number of nitrogens with zero attached hydrogens (tertiary/aromatic N) is 1. The molecule has 166 valence electrons. The van der Waals surface area contributed by atoms with Gasteiger partial charge in [-0.2, -0.15) is 13.2 Å². The fourth-order valence-corrected chi connectivity index (χ4v) is 3.49. The van der Waals surface area contributed by atoms with Gasteiger partial charge in [0.25, 0.3) is 0 Å². The number of piperidine rings is 1. The molecule has 11 heteroatoms. The maximum absolute atomic E-state index is 13.0. The Morgan fingerprint density at radius 2 is 1.93 bits per heavy atom. The number of halogens is 4. The number of rotatable bonds is 5. The van der Waals surface area contributed by atoms with Crippen LogP contribution in [-0.2, 0) is 23.1 Å². The lowest BCUT2D eigenvalue weighted by atomic mass is 9.83. The number of aromatic amines is 2. The topological polar surface area (TPSA) is 98.4 Å². The molecular weight excluding hydrogens is 427 g/mol. The van der Waals surface area contributed by atoms with Crippen LogP contribution in [0.5, 0.6) is 0 Å². The van der Waals surface area contributed by atoms with Crippen molar-refractivity contribution in [3.63, 3.8) is 0 Å². The maximum Gasteiger partial charge on any atom is 0.416 e. The van der Waals surface area contributed by atoms with Crippen LogP contribution in [0.1, 0.15) is 47.1 Å². The first kappa shape index (κ1) is 24.0. The quantitative estimate of drug-likeness (QED) is 0.610. The minimum atomic E-state index is -4.48. The number of esters is 1. The van der Waals surface area contributed by atoms with Gasteiger partial charge in [0.1, 0.15) is 5.69 Å². The molecule has 7 nitrogen and oxygen atoms in total. The van der Waals surface area contributed by atoms with E-state index < -0.39 is 29.0 Å². The zero-order valence-corrected chi connectivity index (χ0v) is 17.0. The first-order chi connectivity index (χ1) is 13.6. The van der Waals surface area contributed by atoms with Gasteiger partial charge in [-0.05, 0) is 37.5 Å². The van der Waals surface area contributed by atoms with Gasteiger partial charge >= 0.3 is 17.8 Å². The molecule has 30 heavy (non-hydrogen) atoms. The number of imidazole rings is 1. The Morgan fingerprint density at radius 3 is 2.53 bits per heavy atom. The van der Waals surface area contributed by atoms with Gasteiger partial charge in [0, 0.05) is 19.6 Å². The summed E-state index contributed by atoms with van der Waals surface area (Å²) in [6.07, 6.45) is -4.04. The lowest BCUT2D eigenvalue weighted by Crippen LogP contribution is -2.42. The van der Waals surface area contributed by atoms with E-state index in [2.05, 4.69) is 9.97 Å². The van der Waals surface area contributed by atoms with Crippen molar-refractivity contribution in [2.45, 2.75) is 38.1 Å². The number of aliphatic hydroxyl groups is 1. The van der Waals surface area contributed by atoms with Crippen LogP contribution in [0.4, 0.5) is 13.2 Å². The number of alkyl halides is 3. The molecule has 1 saturated heterocycles. The molecule has 0 amide bonds. The van der Waals surface area contributed by atoms with Crippen LogP contribution in [0.3, 0.4) is 0 Å². The van der Waals surface area contributed by atoms with E-state index in [0.717, 1.165) is 12.1 Å². The molecule has 1 fully saturated rings. The third-order valence-corrected chi connectivity index (χ3v) is 5.08. The van der Waals surface area contributed by atoms with Crippen LogP contribution >= 0.6 is 12.4 Å². The minimum absolute atomic E-state index is 0. The summed E-state index contributed by atoms with van der Waals surface area (Å²) >= 11 is 0. The molecule has 0 aliphatic carbocycles. The number of benzene rings is 1. The van der Waals surface area contributed by atoms with Gasteiger partial charge in [0.2, 0.25) is 0 Å². The lowest BCUT2D eigenvalue weighted by molar-refractivity contribution is -0.137. The number of aromatic nitrogens is 2. The number of carbonyl (C=O) groups excluding carboxylic acids is 1. The van der Waals surface area contributed by atoms with E-state index in [1.807, 2.05) is 4.90 Å². The molecule has 0 unspecified atom stereocenters. The zero-order chi connectivity index (χ0) is 21.2. The average molecular weight is 450 g/mol. The van der Waals surface area contributed by atoms with E-state index in [0.29, 0.717) is 18.8 Å². The third-order valence-electron chi connectivity index (χ3n) is 5.08. The van der Waals surface area contributed by atoms with Crippen molar-refractivity contribution in [3.8, 4) is 0 Å². The van der Waals surface area contributed by atoms with Crippen LogP contribution in [0.15, 0.2) is 29.1 Å². The van der Waals surface area contributed by atoms with Gasteiger partial charge in [-0.1, -0.05) is 12.1 Å². The molecule has 3 N–H and O–H groups in total. The molecule has 3 rings (SSSR count). The highest BCUT2D eigenvalue weighted by molar-refractivity contribution is 5.88. The Labute approximate surface area is 176 Å². The van der Waals surface area contributed by atoms with E-state index in [1.165, 1.54) is 12.1 Å². The van der Waals surface area contributed by atoms with Crippen molar-refractivity contribution >= 4 is 18.4 Å². The van der Waals surface area contributed by atoms with Crippen molar-refractivity contribution < 1.29 is 27.8 Å². The van der Waals surface area contributed by atoms with Crippen molar-refractivity contribution in [3.05, 3.63) is 57.3 Å². The summed E-state index contributed by atoms with van der Waals surface area (Å²) in [6, 6.07) is 4.74. The van der Waals surface area contributed by atoms with Crippen molar-refractivity contribution in [2.24, 2.45) is 0 Å². The van der Waals surface area contributed by atoms with Gasteiger partial charge in [0.05, 0.1) is 23.5 Å². The highest BCUT2D eigenvalue weighted by Crippen LogP contribution is 2.37. The third kappa shape index (κ3) is 5.24. The van der Waals surface area contributed by atoms with Gasteiger partial charge in [-0.15, -0.1) is 12.4 Å². The van der Waals surface area contributed by atoms with Crippen LogP contribution < -0.4 is 5.69 Å². The largest absolute Gasteiger partial charge is 0.461 e. The number of ether oxygens (including phenoxy) is 1. The van der Waals surface area contributed by atoms with E-state index >= 15 is 0 Å². The molecule has 0 saturated carbocycles. The predicted molar refractivity (Wildman–Crippen MR) is 104 cm³/mol. The van der Waals surface area contributed by atoms with E-state index in [1.54, 1.807) is 6.92 Å². The first-order valence-corrected chi connectivity index (χ1v) is 9.23. The first-order valence-electron chi connectivity index (χ1n) is 9.23. The van der Waals surface area contributed by atoms with Crippen LogP contribution in [0, 0.1) is 0 Å². The molecule has 1 aromatic carbocycles. The minimum Gasteiger partial charge on any atom is -0.461 e. The Morgan fingerprint density at radius 1 is 1.27 bits per heavy atom. The number of hydrogen-bond acceptors (Lipinski definition) is 5. The Kier molecular flexibility index (Phi) is 7.38. The predicted octanol–water partition coefficient (Wildman–Crippen LogP) is 2.80. The van der Waals surface area contributed by atoms with Crippen LogP contribution in [0.25, 0.3) is 0 Å². The molecule has 0 radical (unpaired) electrons. The molecule has 0 spiro atoms. The highest BCUT2D eigenvalue weighted by Gasteiger charge is 2.37. The molecule has 0 atom stereocenters. The summed E-state index contributed by atoms with van der Waals surface area (Å²) in [5.41, 5.74) is -2.04. The zero-order valence-electron chi connectivity index (χ0n) is 16.2. The highest BCUT2D eigenvalue weighted by atomic mass is 35.5. The fourth-order valence-electron chi connectivity index (χ4n) is 3.49. The number of hydrogen-bond donors (Lipinski definition) is 3. The summed E-state index contributed by atoms with van der Waals surface area (Å²) in [7, 11) is 0. The molecule has 2 aromatic rings. The van der Waals surface area contributed by atoms with Crippen molar-refractivity contribution in [1.29, 1.82) is 0 Å². The molecule has 1 aliphatic rings. The second-order valence-electron chi connectivity index (χ2n) is 7.04. The lowest BCUT2D eigenvalue weighted by Gasteiger charge is -2.38. The number of nitrogens with one attached hydrogen (secondary N) is 2. The smallest absolute Gasteiger partial charge is 0.416 e. The van der Waals surface area contributed by atoms with Gasteiger partial charge in [-0.25, -0.2) is 9.59 Å². The summed E-state index contributed by atoms with van der Waals surface area (Å²) in [4.78, 5) is 30.4. The SMILES string of the molecule is CCOC(=O)c1[nH]c(=O)[nH]c1CN1CCC(O)(c2cccc(C(F)(F)F)c2)CC1.Cl. The number of H-pyrrole nitrogens is 2. The van der Waals surface area contributed by atoms with Gasteiger partial charge in [-0.3, -0.25) is 9.88 Å². The number of likely N-dealkylation sites (tertiary alicyclic amines) is 1. The molecule has 1 aliphatic heterocycles. The van der Waals surface area contributed by atoms with E-state index in [-0.39, 0.29) is 49.7 Å².